The molecule has 0 aromatic heterocycles. The monoisotopic (exact) mass is 315 g/mol. The van der Waals surface area contributed by atoms with Gasteiger partial charge < -0.3 is 24.8 Å². The minimum atomic E-state index is 0.296. The van der Waals surface area contributed by atoms with Crippen LogP contribution < -0.4 is 10.6 Å². The van der Waals surface area contributed by atoms with Gasteiger partial charge in [0, 0.05) is 40.0 Å². The first-order valence-electron chi connectivity index (χ1n) is 8.58. The molecule has 6 heteroatoms. The van der Waals surface area contributed by atoms with Crippen LogP contribution in [0.1, 0.15) is 39.0 Å². The highest BCUT2D eigenvalue weighted by Gasteiger charge is 2.14. The smallest absolute Gasteiger partial charge is 0.191 e. The van der Waals surface area contributed by atoms with Crippen molar-refractivity contribution in [2.75, 3.05) is 53.2 Å². The Balaban J connectivity index is 1.89. The Morgan fingerprint density at radius 1 is 1.14 bits per heavy atom. The Morgan fingerprint density at radius 3 is 2.68 bits per heavy atom. The zero-order chi connectivity index (χ0) is 15.9. The maximum Gasteiger partial charge on any atom is 0.191 e. The molecule has 2 N–H and O–H groups in total. The summed E-state index contributed by atoms with van der Waals surface area (Å²) in [4.78, 5) is 4.18. The molecule has 1 rings (SSSR count). The van der Waals surface area contributed by atoms with E-state index in [9.17, 15) is 0 Å². The van der Waals surface area contributed by atoms with Crippen LogP contribution in [0.2, 0.25) is 0 Å². The predicted molar refractivity (Wildman–Crippen MR) is 89.5 cm³/mol. The Labute approximate surface area is 135 Å². The van der Waals surface area contributed by atoms with Crippen molar-refractivity contribution < 1.29 is 14.2 Å². The van der Waals surface area contributed by atoms with Gasteiger partial charge in [0.05, 0.1) is 19.3 Å². The van der Waals surface area contributed by atoms with Gasteiger partial charge in [0.25, 0.3) is 0 Å². The van der Waals surface area contributed by atoms with Gasteiger partial charge in [0.2, 0.25) is 0 Å². The van der Waals surface area contributed by atoms with Crippen LogP contribution in [-0.4, -0.2) is 65.2 Å². The molecule has 0 aromatic rings. The van der Waals surface area contributed by atoms with E-state index in [1.807, 2.05) is 0 Å². The van der Waals surface area contributed by atoms with Crippen LogP contribution in [-0.2, 0) is 14.2 Å². The number of unbranched alkanes of at least 4 members (excludes halogenated alkanes) is 1. The topological polar surface area (TPSA) is 64.1 Å². The van der Waals surface area contributed by atoms with Crippen molar-refractivity contribution in [3.05, 3.63) is 0 Å². The second-order valence-corrected chi connectivity index (χ2v) is 5.46. The van der Waals surface area contributed by atoms with Crippen LogP contribution in [0.3, 0.4) is 0 Å². The number of rotatable bonds is 12. The lowest BCUT2D eigenvalue weighted by molar-refractivity contribution is 0.0191. The summed E-state index contributed by atoms with van der Waals surface area (Å²) in [5.74, 6) is 0.814. The van der Waals surface area contributed by atoms with Gasteiger partial charge in [-0.2, -0.15) is 0 Å². The van der Waals surface area contributed by atoms with Crippen LogP contribution in [0.25, 0.3) is 0 Å². The van der Waals surface area contributed by atoms with Gasteiger partial charge in [0.1, 0.15) is 0 Å². The van der Waals surface area contributed by atoms with E-state index in [0.717, 1.165) is 64.6 Å². The number of ether oxygens (including phenoxy) is 3. The Morgan fingerprint density at radius 2 is 1.95 bits per heavy atom. The fourth-order valence-corrected chi connectivity index (χ4v) is 2.18. The lowest BCUT2D eigenvalue weighted by Crippen LogP contribution is -2.39. The number of aliphatic imine (C=N–C) groups is 1. The molecule has 0 aliphatic carbocycles. The van der Waals surface area contributed by atoms with Gasteiger partial charge in [0.15, 0.2) is 5.96 Å². The third kappa shape index (κ3) is 9.97. The summed E-state index contributed by atoms with van der Waals surface area (Å²) in [5, 5.41) is 6.51. The summed E-state index contributed by atoms with van der Waals surface area (Å²) in [6, 6.07) is 0. The standard InChI is InChI=1S/C16H33N3O3/c1-3-4-10-20-11-6-8-18-16(17-2)19-9-13-21-14-15-7-5-12-22-15/h15H,3-14H2,1-2H3,(H2,17,18,19). The highest BCUT2D eigenvalue weighted by atomic mass is 16.5. The highest BCUT2D eigenvalue weighted by Crippen LogP contribution is 2.11. The summed E-state index contributed by atoms with van der Waals surface area (Å²) in [6.45, 7) is 7.70. The molecule has 1 fully saturated rings. The third-order valence-corrected chi connectivity index (χ3v) is 3.49. The van der Waals surface area contributed by atoms with Gasteiger partial charge in [-0.3, -0.25) is 4.99 Å². The average molecular weight is 315 g/mol. The molecule has 0 bridgehead atoms. The van der Waals surface area contributed by atoms with E-state index in [0.29, 0.717) is 19.3 Å². The summed E-state index contributed by atoms with van der Waals surface area (Å²) in [6.07, 6.45) is 5.89. The fourth-order valence-electron chi connectivity index (χ4n) is 2.18. The first-order valence-corrected chi connectivity index (χ1v) is 8.58. The Kier molecular flexibility index (Phi) is 12.0. The number of guanidine groups is 1. The molecule has 0 radical (unpaired) electrons. The van der Waals surface area contributed by atoms with Crippen molar-refractivity contribution in [2.24, 2.45) is 4.99 Å². The zero-order valence-electron chi connectivity index (χ0n) is 14.2. The molecule has 22 heavy (non-hydrogen) atoms. The minimum absolute atomic E-state index is 0.296. The van der Waals surface area contributed by atoms with Crippen LogP contribution >= 0.6 is 0 Å². The summed E-state index contributed by atoms with van der Waals surface area (Å²) < 4.78 is 16.6. The third-order valence-electron chi connectivity index (χ3n) is 3.49. The Bertz CT molecular complexity index is 282. The van der Waals surface area contributed by atoms with Crippen molar-refractivity contribution >= 4 is 5.96 Å². The SMILES string of the molecule is CCCCOCCCNC(=NC)NCCOCC1CCCO1. The molecule has 1 unspecified atom stereocenters. The van der Waals surface area contributed by atoms with E-state index in [2.05, 4.69) is 22.5 Å². The lowest BCUT2D eigenvalue weighted by atomic mass is 10.2. The quantitative estimate of drug-likeness (QED) is 0.325. The molecule has 0 saturated carbocycles. The molecule has 0 spiro atoms. The second-order valence-electron chi connectivity index (χ2n) is 5.46. The van der Waals surface area contributed by atoms with Crippen LogP contribution in [0.15, 0.2) is 4.99 Å². The van der Waals surface area contributed by atoms with E-state index in [-0.39, 0.29) is 0 Å². The normalized spacial score (nSPS) is 18.6. The first kappa shape index (κ1) is 19.2. The lowest BCUT2D eigenvalue weighted by Gasteiger charge is -2.13. The maximum absolute atomic E-state index is 5.60. The van der Waals surface area contributed by atoms with E-state index in [4.69, 9.17) is 14.2 Å². The van der Waals surface area contributed by atoms with E-state index in [1.54, 1.807) is 7.05 Å². The molecular weight excluding hydrogens is 282 g/mol. The van der Waals surface area contributed by atoms with E-state index in [1.165, 1.54) is 6.42 Å². The minimum Gasteiger partial charge on any atom is -0.381 e. The van der Waals surface area contributed by atoms with Gasteiger partial charge in [-0.15, -0.1) is 0 Å². The molecular formula is C16H33N3O3. The first-order chi connectivity index (χ1) is 10.9. The summed E-state index contributed by atoms with van der Waals surface area (Å²) >= 11 is 0. The van der Waals surface area contributed by atoms with Crippen molar-refractivity contribution in [1.29, 1.82) is 0 Å². The molecule has 1 heterocycles. The molecule has 130 valence electrons. The largest absolute Gasteiger partial charge is 0.381 e. The molecule has 0 amide bonds. The van der Waals surface area contributed by atoms with Gasteiger partial charge >= 0.3 is 0 Å². The van der Waals surface area contributed by atoms with E-state index < -0.39 is 0 Å². The molecule has 1 saturated heterocycles. The molecule has 1 aliphatic heterocycles. The van der Waals surface area contributed by atoms with E-state index >= 15 is 0 Å². The van der Waals surface area contributed by atoms with Crippen LogP contribution in [0.5, 0.6) is 0 Å². The number of hydrogen-bond acceptors (Lipinski definition) is 4. The van der Waals surface area contributed by atoms with Crippen LogP contribution in [0.4, 0.5) is 0 Å². The van der Waals surface area contributed by atoms with Gasteiger partial charge in [-0.25, -0.2) is 0 Å². The van der Waals surface area contributed by atoms with Crippen molar-refractivity contribution in [3.8, 4) is 0 Å². The zero-order valence-corrected chi connectivity index (χ0v) is 14.2. The number of nitrogens with zero attached hydrogens (tertiary/aromatic N) is 1. The average Bonchev–Trinajstić information content (AvgIpc) is 3.05. The number of nitrogens with one attached hydrogen (secondary N) is 2. The molecule has 1 aliphatic rings. The van der Waals surface area contributed by atoms with Crippen molar-refractivity contribution in [2.45, 2.75) is 45.1 Å². The predicted octanol–water partition coefficient (Wildman–Crippen LogP) is 1.55. The maximum atomic E-state index is 5.60. The van der Waals surface area contributed by atoms with Crippen LogP contribution in [0, 0.1) is 0 Å². The van der Waals surface area contributed by atoms with Gasteiger partial charge in [-0.05, 0) is 25.7 Å². The fraction of sp³-hybridized carbons (Fsp3) is 0.938. The second kappa shape index (κ2) is 13.8. The summed E-state index contributed by atoms with van der Waals surface area (Å²) in [7, 11) is 1.78. The Hall–Kier alpha value is -0.850. The number of hydrogen-bond donors (Lipinski definition) is 2. The molecule has 6 nitrogen and oxygen atoms in total. The van der Waals surface area contributed by atoms with Gasteiger partial charge in [-0.1, -0.05) is 13.3 Å². The highest BCUT2D eigenvalue weighted by molar-refractivity contribution is 5.79. The molecule has 1 atom stereocenters. The van der Waals surface area contributed by atoms with Crippen molar-refractivity contribution in [1.82, 2.24) is 10.6 Å². The van der Waals surface area contributed by atoms with Crippen molar-refractivity contribution in [3.63, 3.8) is 0 Å². The summed E-state index contributed by atoms with van der Waals surface area (Å²) in [5.41, 5.74) is 0. The molecule has 0 aromatic carbocycles.